The van der Waals surface area contributed by atoms with E-state index in [4.69, 9.17) is 5.11 Å². The van der Waals surface area contributed by atoms with Gasteiger partial charge in [0.25, 0.3) is 0 Å². The first-order chi connectivity index (χ1) is 8.26. The third-order valence-electron chi connectivity index (χ3n) is 3.04. The molecule has 0 aromatic carbocycles. The van der Waals surface area contributed by atoms with Crippen LogP contribution in [0.2, 0.25) is 0 Å². The van der Waals surface area contributed by atoms with E-state index < -0.39 is 24.1 Å². The van der Waals surface area contributed by atoms with Gasteiger partial charge in [-0.25, -0.2) is 9.59 Å². The summed E-state index contributed by atoms with van der Waals surface area (Å²) < 4.78 is -0.104. The maximum absolute atomic E-state index is 11.9. The summed E-state index contributed by atoms with van der Waals surface area (Å²) >= 11 is 1.62. The molecular formula is C11H20N2O4S. The van der Waals surface area contributed by atoms with E-state index in [2.05, 4.69) is 5.32 Å². The van der Waals surface area contributed by atoms with Gasteiger partial charge >= 0.3 is 12.0 Å². The number of rotatable bonds is 4. The number of carbonyl (C=O) groups excluding carboxylic acids is 1. The molecule has 7 heteroatoms. The van der Waals surface area contributed by atoms with E-state index >= 15 is 0 Å². The van der Waals surface area contributed by atoms with Crippen molar-refractivity contribution in [3.05, 3.63) is 0 Å². The largest absolute Gasteiger partial charge is 0.480 e. The number of amides is 2. The van der Waals surface area contributed by atoms with E-state index in [-0.39, 0.29) is 17.7 Å². The molecule has 1 heterocycles. The Morgan fingerprint density at radius 1 is 1.50 bits per heavy atom. The number of urea groups is 1. The van der Waals surface area contributed by atoms with E-state index in [0.29, 0.717) is 6.54 Å². The molecule has 0 aromatic heterocycles. The summed E-state index contributed by atoms with van der Waals surface area (Å²) in [6.45, 7) is 4.51. The summed E-state index contributed by atoms with van der Waals surface area (Å²) in [5.74, 6) is -1.08. The van der Waals surface area contributed by atoms with Crippen LogP contribution in [0.3, 0.4) is 0 Å². The Balaban J connectivity index is 2.58. The molecule has 6 nitrogen and oxygen atoms in total. The van der Waals surface area contributed by atoms with E-state index in [0.717, 1.165) is 0 Å². The number of hydrogen-bond acceptors (Lipinski definition) is 4. The summed E-state index contributed by atoms with van der Waals surface area (Å²) in [4.78, 5) is 24.1. The number of nitrogens with one attached hydrogen (secondary N) is 1. The zero-order valence-corrected chi connectivity index (χ0v) is 11.7. The first-order valence-corrected chi connectivity index (χ1v) is 7.00. The lowest BCUT2D eigenvalue weighted by atomic mass is 10.2. The first-order valence-electron chi connectivity index (χ1n) is 5.77. The Kier molecular flexibility index (Phi) is 4.86. The second-order valence-corrected chi connectivity index (χ2v) is 6.53. The van der Waals surface area contributed by atoms with Crippen molar-refractivity contribution in [1.82, 2.24) is 10.2 Å². The van der Waals surface area contributed by atoms with Crippen LogP contribution in [0.4, 0.5) is 4.79 Å². The molecule has 0 unspecified atom stereocenters. The molecule has 0 aliphatic carbocycles. The Labute approximate surface area is 111 Å². The van der Waals surface area contributed by atoms with Crippen LogP contribution in [0.15, 0.2) is 0 Å². The van der Waals surface area contributed by atoms with E-state index in [1.807, 2.05) is 20.1 Å². The second-order valence-electron chi connectivity index (χ2n) is 5.02. The highest BCUT2D eigenvalue weighted by atomic mass is 32.2. The highest BCUT2D eigenvalue weighted by molar-refractivity contribution is 7.99. The van der Waals surface area contributed by atoms with Crippen molar-refractivity contribution < 1.29 is 19.8 Å². The molecule has 104 valence electrons. The lowest BCUT2D eigenvalue weighted by Gasteiger charge is -2.26. The SMILES string of the molecule is CSC(C)(C)CNC(=O)N1C[C@H](O)C[C@H]1C(=O)O. The van der Waals surface area contributed by atoms with Gasteiger partial charge in [-0.1, -0.05) is 0 Å². The van der Waals surface area contributed by atoms with Crippen molar-refractivity contribution in [2.75, 3.05) is 19.3 Å². The number of carbonyl (C=O) groups is 2. The van der Waals surface area contributed by atoms with Gasteiger partial charge in [-0.15, -0.1) is 0 Å². The molecule has 1 rings (SSSR count). The van der Waals surface area contributed by atoms with Gasteiger partial charge in [-0.3, -0.25) is 0 Å². The number of nitrogens with zero attached hydrogens (tertiary/aromatic N) is 1. The molecule has 0 radical (unpaired) electrons. The molecular weight excluding hydrogens is 256 g/mol. The van der Waals surface area contributed by atoms with Gasteiger partial charge in [0.2, 0.25) is 0 Å². The van der Waals surface area contributed by atoms with Crippen LogP contribution < -0.4 is 5.32 Å². The molecule has 3 N–H and O–H groups in total. The number of aliphatic hydroxyl groups excluding tert-OH is 1. The Morgan fingerprint density at radius 3 is 2.61 bits per heavy atom. The molecule has 2 atom stereocenters. The Hall–Kier alpha value is -0.950. The van der Waals surface area contributed by atoms with Crippen molar-refractivity contribution in [2.45, 2.75) is 37.2 Å². The van der Waals surface area contributed by atoms with Gasteiger partial charge in [0.1, 0.15) is 6.04 Å². The van der Waals surface area contributed by atoms with Crippen molar-refractivity contribution >= 4 is 23.8 Å². The van der Waals surface area contributed by atoms with Crippen LogP contribution in [-0.4, -0.2) is 63.4 Å². The Bertz CT molecular complexity index is 335. The van der Waals surface area contributed by atoms with Gasteiger partial charge in [0.05, 0.1) is 6.10 Å². The molecule has 1 fully saturated rings. The fourth-order valence-corrected chi connectivity index (χ4v) is 1.95. The summed E-state index contributed by atoms with van der Waals surface area (Å²) in [6, 6.07) is -1.36. The number of likely N-dealkylation sites (tertiary alicyclic amines) is 1. The number of β-amino-alcohol motifs (C(OH)–C–C–N with tert-alkyl or cyclic N) is 1. The van der Waals surface area contributed by atoms with Crippen LogP contribution in [0, 0.1) is 0 Å². The van der Waals surface area contributed by atoms with Crippen molar-refractivity contribution in [3.8, 4) is 0 Å². The van der Waals surface area contributed by atoms with Gasteiger partial charge in [-0.2, -0.15) is 11.8 Å². The predicted molar refractivity (Wildman–Crippen MR) is 69.7 cm³/mol. The minimum absolute atomic E-state index is 0.0719. The lowest BCUT2D eigenvalue weighted by Crippen LogP contribution is -2.48. The molecule has 0 saturated carbocycles. The second kappa shape index (κ2) is 5.79. The fourth-order valence-electron chi connectivity index (χ4n) is 1.73. The third kappa shape index (κ3) is 3.78. The molecule has 0 bridgehead atoms. The zero-order chi connectivity index (χ0) is 13.9. The number of aliphatic carboxylic acids is 1. The van der Waals surface area contributed by atoms with Crippen LogP contribution in [0.25, 0.3) is 0 Å². The maximum atomic E-state index is 11.9. The van der Waals surface area contributed by atoms with Crippen molar-refractivity contribution in [1.29, 1.82) is 0 Å². The summed E-state index contributed by atoms with van der Waals surface area (Å²) in [6.07, 6.45) is 1.28. The number of aliphatic hydroxyl groups is 1. The minimum atomic E-state index is -1.08. The van der Waals surface area contributed by atoms with E-state index in [1.54, 1.807) is 11.8 Å². The highest BCUT2D eigenvalue weighted by Crippen LogP contribution is 2.21. The molecule has 0 spiro atoms. The first kappa shape index (κ1) is 15.1. The molecule has 2 amide bonds. The van der Waals surface area contributed by atoms with E-state index in [9.17, 15) is 14.7 Å². The van der Waals surface area contributed by atoms with E-state index in [1.165, 1.54) is 4.90 Å². The standard InChI is InChI=1S/C11H20N2O4S/c1-11(2,18-3)6-12-10(17)13-5-7(14)4-8(13)9(15)16/h7-8,14H,4-6H2,1-3H3,(H,12,17)(H,15,16)/t7-,8+/m1/s1. The van der Waals surface area contributed by atoms with Gasteiger partial charge in [0, 0.05) is 24.3 Å². The maximum Gasteiger partial charge on any atom is 0.326 e. The number of carboxylic acid groups (broad SMARTS) is 1. The topological polar surface area (TPSA) is 89.9 Å². The lowest BCUT2D eigenvalue weighted by molar-refractivity contribution is -0.141. The zero-order valence-electron chi connectivity index (χ0n) is 10.8. The third-order valence-corrected chi connectivity index (χ3v) is 4.29. The van der Waals surface area contributed by atoms with Crippen molar-refractivity contribution in [2.24, 2.45) is 0 Å². The summed E-state index contributed by atoms with van der Waals surface area (Å²) in [5, 5.41) is 21.2. The van der Waals surface area contributed by atoms with Crippen molar-refractivity contribution in [3.63, 3.8) is 0 Å². The van der Waals surface area contributed by atoms with Crippen LogP contribution in [0.5, 0.6) is 0 Å². The predicted octanol–water partition coefficient (Wildman–Crippen LogP) is 0.357. The number of thioether (sulfide) groups is 1. The molecule has 1 saturated heterocycles. The average Bonchev–Trinajstić information content (AvgIpc) is 2.68. The highest BCUT2D eigenvalue weighted by Gasteiger charge is 2.39. The monoisotopic (exact) mass is 276 g/mol. The van der Waals surface area contributed by atoms with Gasteiger partial charge in [-0.05, 0) is 20.1 Å². The smallest absolute Gasteiger partial charge is 0.326 e. The fraction of sp³-hybridized carbons (Fsp3) is 0.818. The molecule has 1 aliphatic rings. The quantitative estimate of drug-likeness (QED) is 0.689. The van der Waals surface area contributed by atoms with Crippen LogP contribution in [0.1, 0.15) is 20.3 Å². The average molecular weight is 276 g/mol. The van der Waals surface area contributed by atoms with Gasteiger partial charge < -0.3 is 20.4 Å². The number of hydrogen-bond donors (Lipinski definition) is 3. The summed E-state index contributed by atoms with van der Waals surface area (Å²) in [7, 11) is 0. The molecule has 18 heavy (non-hydrogen) atoms. The number of carboxylic acids is 1. The summed E-state index contributed by atoms with van der Waals surface area (Å²) in [5.41, 5.74) is 0. The normalized spacial score (nSPS) is 24.1. The van der Waals surface area contributed by atoms with Crippen LogP contribution >= 0.6 is 11.8 Å². The molecule has 1 aliphatic heterocycles. The molecule has 0 aromatic rings. The minimum Gasteiger partial charge on any atom is -0.480 e. The Morgan fingerprint density at radius 2 is 2.11 bits per heavy atom. The van der Waals surface area contributed by atoms with Crippen LogP contribution in [-0.2, 0) is 4.79 Å². The van der Waals surface area contributed by atoms with Gasteiger partial charge in [0.15, 0.2) is 0 Å².